The minimum absolute atomic E-state index is 0.0249. The maximum atomic E-state index is 13.9. The molecule has 0 aromatic carbocycles. The van der Waals surface area contributed by atoms with Gasteiger partial charge in [0.25, 0.3) is 0 Å². The molecule has 5 aliphatic carbocycles. The van der Waals surface area contributed by atoms with Gasteiger partial charge in [-0.25, -0.2) is 4.79 Å². The Kier molecular flexibility index (Phi) is 14.2. The standard InChI is InChI=1S/C48H74O19/c1-44(2)14-21(17-49)30-22(15-44)23-8-9-28-45(3)12-11-29(46(4,20-51)27(45)10-13-47(28,5)48(23,6)16-24(30)52)64-43-39(67-42-35(58)33(56)32(55)26(18-50)63-42)37(36(59)38(66-43)40(60)61-7)65-41-34(57)31(54)25(53)19-62-41/h8-9,17,20-39,41-43,50,52-59H,10-16,18-19H2,1-7H3/t21-,22-,23?,24+,25?,26?,27+,28+,29-,30?,31?,32?,33?,34?,35?,36?,37?,38?,39?,41?,42?,43?,45-,46-,47+,48+/m0/s1. The third kappa shape index (κ3) is 8.21. The molecule has 3 aliphatic heterocycles. The fourth-order valence-corrected chi connectivity index (χ4v) is 15.1. The average molecular weight is 955 g/mol. The molecule has 67 heavy (non-hydrogen) atoms. The van der Waals surface area contributed by atoms with Crippen LogP contribution < -0.4 is 0 Å². The molecule has 0 spiro atoms. The molecular formula is C48H74O19. The van der Waals surface area contributed by atoms with Gasteiger partial charge >= 0.3 is 5.97 Å². The number of fused-ring (bicyclic) bond motifs is 7. The van der Waals surface area contributed by atoms with Crippen molar-refractivity contribution in [3.63, 3.8) is 0 Å². The lowest BCUT2D eigenvalue weighted by Crippen LogP contribution is -2.69. The van der Waals surface area contributed by atoms with Gasteiger partial charge in [0.05, 0.1) is 37.9 Å². The highest BCUT2D eigenvalue weighted by molar-refractivity contribution is 5.75. The van der Waals surface area contributed by atoms with Crippen LogP contribution in [0.3, 0.4) is 0 Å². The number of hydrogen-bond donors (Lipinski definition) is 9. The van der Waals surface area contributed by atoms with Crippen LogP contribution in [-0.2, 0) is 47.5 Å². The van der Waals surface area contributed by atoms with Crippen molar-refractivity contribution in [2.75, 3.05) is 20.3 Å². The molecule has 0 bridgehead atoms. The van der Waals surface area contributed by atoms with Gasteiger partial charge in [-0.05, 0) is 96.2 Å². The lowest BCUT2D eigenvalue weighted by atomic mass is 9.33. The van der Waals surface area contributed by atoms with Gasteiger partial charge < -0.3 is 88.7 Å². The Morgan fingerprint density at radius 3 is 2.06 bits per heavy atom. The largest absolute Gasteiger partial charge is 0.467 e. The van der Waals surface area contributed by atoms with Crippen molar-refractivity contribution in [3.05, 3.63) is 12.2 Å². The van der Waals surface area contributed by atoms with E-state index in [1.165, 1.54) is 0 Å². The van der Waals surface area contributed by atoms with Crippen LogP contribution in [0.1, 0.15) is 86.5 Å². The molecule has 16 unspecified atom stereocenters. The molecule has 380 valence electrons. The predicted molar refractivity (Wildman–Crippen MR) is 230 cm³/mol. The van der Waals surface area contributed by atoms with E-state index in [9.17, 15) is 60.3 Å². The molecule has 9 N–H and O–H groups in total. The molecule has 0 aromatic rings. The molecule has 19 heteroatoms. The Hall–Kier alpha value is -2.05. The lowest BCUT2D eigenvalue weighted by Gasteiger charge is -2.71. The van der Waals surface area contributed by atoms with E-state index in [1.54, 1.807) is 0 Å². The predicted octanol–water partition coefficient (Wildman–Crippen LogP) is -0.498. The van der Waals surface area contributed by atoms with Gasteiger partial charge in [0.15, 0.2) is 25.0 Å². The van der Waals surface area contributed by atoms with Gasteiger partial charge in [0.2, 0.25) is 0 Å². The van der Waals surface area contributed by atoms with E-state index >= 15 is 0 Å². The van der Waals surface area contributed by atoms with Crippen LogP contribution in [0.4, 0.5) is 0 Å². The number of methoxy groups -OCH3 is 1. The van der Waals surface area contributed by atoms with E-state index < -0.39 is 128 Å². The average Bonchev–Trinajstić information content (AvgIpc) is 3.28. The van der Waals surface area contributed by atoms with Crippen LogP contribution >= 0.6 is 0 Å². The molecule has 0 aromatic heterocycles. The number of aliphatic hydroxyl groups excluding tert-OH is 9. The lowest BCUT2D eigenvalue weighted by molar-refractivity contribution is -0.391. The van der Waals surface area contributed by atoms with Gasteiger partial charge in [-0.1, -0.05) is 53.7 Å². The monoisotopic (exact) mass is 954 g/mol. The van der Waals surface area contributed by atoms with Crippen LogP contribution in [0.25, 0.3) is 0 Å². The second-order valence-electron chi connectivity index (χ2n) is 22.9. The first-order valence-electron chi connectivity index (χ1n) is 24.1. The van der Waals surface area contributed by atoms with Crippen molar-refractivity contribution < 1.29 is 93.5 Å². The molecule has 26 atom stereocenters. The number of ether oxygens (including phenoxy) is 7. The van der Waals surface area contributed by atoms with Crippen molar-refractivity contribution in [2.24, 2.45) is 62.6 Å². The molecule has 4 saturated carbocycles. The summed E-state index contributed by atoms with van der Waals surface area (Å²) in [6, 6.07) is 0. The van der Waals surface area contributed by atoms with E-state index in [0.717, 1.165) is 38.9 Å². The fraction of sp³-hybridized carbons (Fsp3) is 0.896. The van der Waals surface area contributed by atoms with Crippen molar-refractivity contribution >= 4 is 18.5 Å². The first-order valence-corrected chi connectivity index (χ1v) is 24.1. The van der Waals surface area contributed by atoms with Gasteiger partial charge in [0.1, 0.15) is 73.6 Å². The summed E-state index contributed by atoms with van der Waals surface area (Å²) in [5, 5.41) is 97.7. The first-order chi connectivity index (χ1) is 31.4. The molecule has 8 rings (SSSR count). The van der Waals surface area contributed by atoms with Crippen molar-refractivity contribution in [1.29, 1.82) is 0 Å². The Labute approximate surface area is 391 Å². The number of esters is 1. The Balaban J connectivity index is 1.13. The van der Waals surface area contributed by atoms with Crippen LogP contribution in [0, 0.1) is 62.6 Å². The zero-order valence-corrected chi connectivity index (χ0v) is 39.5. The molecule has 0 amide bonds. The maximum Gasteiger partial charge on any atom is 0.337 e. The van der Waals surface area contributed by atoms with Crippen molar-refractivity contribution in [2.45, 2.75) is 185 Å². The molecule has 19 nitrogen and oxygen atoms in total. The molecule has 8 aliphatic rings. The molecule has 7 fully saturated rings. The number of carbonyl (C=O) groups is 3. The highest BCUT2D eigenvalue weighted by atomic mass is 16.8. The van der Waals surface area contributed by atoms with E-state index in [4.69, 9.17) is 33.2 Å². The summed E-state index contributed by atoms with van der Waals surface area (Å²) in [6.07, 6.45) is -15.6. The number of rotatable bonds is 10. The van der Waals surface area contributed by atoms with Crippen LogP contribution in [-0.4, -0.2) is 183 Å². The summed E-state index contributed by atoms with van der Waals surface area (Å²) in [5.41, 5.74) is -2.40. The summed E-state index contributed by atoms with van der Waals surface area (Å²) < 4.78 is 41.5. The van der Waals surface area contributed by atoms with Crippen LogP contribution in [0.15, 0.2) is 12.2 Å². The third-order valence-electron chi connectivity index (χ3n) is 18.8. The number of aldehydes is 2. The summed E-state index contributed by atoms with van der Waals surface area (Å²) in [6.45, 7) is 11.8. The first kappa shape index (κ1) is 51.3. The third-order valence-corrected chi connectivity index (χ3v) is 18.8. The Morgan fingerprint density at radius 1 is 0.716 bits per heavy atom. The highest BCUT2D eigenvalue weighted by Crippen LogP contribution is 2.74. The second kappa shape index (κ2) is 18.5. The SMILES string of the molecule is COC(=O)C1OC(O[C@H]2CC[C@]3(C)[C@H]4C=CC5[C@@H]6CC(C)(C)C[C@@H](C=O)C6[C@H](O)C[C@@]5(C)[C@]4(C)CC[C@H]3[C@]2(C)C=O)C(OC2OC(CO)C(O)C(O)C2O)C(OC2OCC(O)C(O)C2O)C1O. The minimum Gasteiger partial charge on any atom is -0.467 e. The molecular weight excluding hydrogens is 881 g/mol. The minimum atomic E-state index is -1.99. The summed E-state index contributed by atoms with van der Waals surface area (Å²) in [5.74, 6) is -1.47. The topological polar surface area (TPSA) is 298 Å². The quantitative estimate of drug-likeness (QED) is 0.0577. The van der Waals surface area contributed by atoms with Crippen LogP contribution in [0.2, 0.25) is 0 Å². The summed E-state index contributed by atoms with van der Waals surface area (Å²) >= 11 is 0. The van der Waals surface area contributed by atoms with Gasteiger partial charge in [-0.3, -0.25) is 0 Å². The van der Waals surface area contributed by atoms with Crippen molar-refractivity contribution in [3.8, 4) is 0 Å². The number of hydrogen-bond acceptors (Lipinski definition) is 19. The highest BCUT2D eigenvalue weighted by Gasteiger charge is 2.70. The van der Waals surface area contributed by atoms with Crippen molar-refractivity contribution in [1.82, 2.24) is 0 Å². The van der Waals surface area contributed by atoms with E-state index in [-0.39, 0.29) is 58.2 Å². The Bertz CT molecular complexity index is 1850. The zero-order valence-electron chi connectivity index (χ0n) is 39.5. The maximum absolute atomic E-state index is 13.9. The number of carbonyl (C=O) groups excluding carboxylic acids is 3. The molecule has 0 radical (unpaired) electrons. The second-order valence-corrected chi connectivity index (χ2v) is 22.9. The van der Waals surface area contributed by atoms with Gasteiger partial charge in [0, 0.05) is 5.92 Å². The zero-order chi connectivity index (χ0) is 48.9. The van der Waals surface area contributed by atoms with Crippen LogP contribution in [0.5, 0.6) is 0 Å². The molecule has 3 heterocycles. The van der Waals surface area contributed by atoms with Gasteiger partial charge in [-0.2, -0.15) is 0 Å². The summed E-state index contributed by atoms with van der Waals surface area (Å²) in [7, 11) is 1.06. The van der Waals surface area contributed by atoms with E-state index in [0.29, 0.717) is 19.3 Å². The number of allylic oxidation sites excluding steroid dienone is 2. The Morgan fingerprint density at radius 2 is 1.40 bits per heavy atom. The van der Waals surface area contributed by atoms with E-state index in [2.05, 4.69) is 46.8 Å². The molecule has 3 saturated heterocycles. The van der Waals surface area contributed by atoms with E-state index in [1.807, 2.05) is 6.92 Å². The summed E-state index contributed by atoms with van der Waals surface area (Å²) in [4.78, 5) is 39.7. The van der Waals surface area contributed by atoms with Gasteiger partial charge in [-0.15, -0.1) is 0 Å². The fourth-order valence-electron chi connectivity index (χ4n) is 15.1. The normalized spacial score (nSPS) is 54.9. The smallest absolute Gasteiger partial charge is 0.337 e. The number of aliphatic hydroxyl groups is 9.